The highest BCUT2D eigenvalue weighted by Crippen LogP contribution is 2.17. The van der Waals surface area contributed by atoms with Gasteiger partial charge in [-0.3, -0.25) is 0 Å². The van der Waals surface area contributed by atoms with Crippen LogP contribution < -0.4 is 10.1 Å². The summed E-state index contributed by atoms with van der Waals surface area (Å²) in [4.78, 5) is 8.44. The van der Waals surface area contributed by atoms with E-state index in [-0.39, 0.29) is 0 Å². The second-order valence-corrected chi connectivity index (χ2v) is 4.28. The van der Waals surface area contributed by atoms with Crippen LogP contribution in [0.5, 0.6) is 5.75 Å². The number of hydrogen-bond donors (Lipinski definition) is 1. The third kappa shape index (κ3) is 3.17. The molecule has 106 valence electrons. The van der Waals surface area contributed by atoms with Gasteiger partial charge in [0.15, 0.2) is 0 Å². The summed E-state index contributed by atoms with van der Waals surface area (Å²) < 4.78 is 7.14. The van der Waals surface area contributed by atoms with E-state index in [0.29, 0.717) is 18.4 Å². The third-order valence-corrected chi connectivity index (χ3v) is 2.79. The normalized spacial score (nSPS) is 10.3. The molecular formula is C15H15N5O. The van der Waals surface area contributed by atoms with E-state index >= 15 is 0 Å². The van der Waals surface area contributed by atoms with Crippen molar-refractivity contribution in [3.8, 4) is 11.4 Å². The van der Waals surface area contributed by atoms with Crippen molar-refractivity contribution in [3.05, 3.63) is 55.0 Å². The van der Waals surface area contributed by atoms with Gasteiger partial charge in [-0.2, -0.15) is 4.98 Å². The Morgan fingerprint density at radius 1 is 1.14 bits per heavy atom. The van der Waals surface area contributed by atoms with Gasteiger partial charge in [0, 0.05) is 12.3 Å². The van der Waals surface area contributed by atoms with Crippen LogP contribution in [-0.4, -0.2) is 26.4 Å². The molecule has 0 bridgehead atoms. The van der Waals surface area contributed by atoms with Crippen LogP contribution in [-0.2, 0) is 0 Å². The Morgan fingerprint density at radius 3 is 2.81 bits per heavy atom. The number of anilines is 2. The first-order chi connectivity index (χ1) is 10.3. The summed E-state index contributed by atoms with van der Waals surface area (Å²) in [6.45, 7) is 2.56. The van der Waals surface area contributed by atoms with Crippen LogP contribution in [0, 0.1) is 0 Å². The second kappa shape index (κ2) is 6.04. The highest BCUT2D eigenvalue weighted by Gasteiger charge is 2.04. The van der Waals surface area contributed by atoms with Crippen molar-refractivity contribution in [1.29, 1.82) is 0 Å². The molecule has 0 fully saturated rings. The topological polar surface area (TPSA) is 64.9 Å². The number of ether oxygens (including phenoxy) is 1. The molecule has 0 saturated carbocycles. The summed E-state index contributed by atoms with van der Waals surface area (Å²) in [7, 11) is 0. The summed E-state index contributed by atoms with van der Waals surface area (Å²) in [5.74, 6) is 1.89. The van der Waals surface area contributed by atoms with Gasteiger partial charge in [0.1, 0.15) is 17.9 Å². The SMILES string of the molecule is CCOc1ccnc(Nc2ncn(-c3ccccc3)n2)c1. The van der Waals surface area contributed by atoms with Crippen LogP contribution in [0.1, 0.15) is 6.92 Å². The molecule has 0 atom stereocenters. The van der Waals surface area contributed by atoms with Crippen LogP contribution in [0.3, 0.4) is 0 Å². The van der Waals surface area contributed by atoms with E-state index in [2.05, 4.69) is 20.4 Å². The Balaban J connectivity index is 1.77. The molecule has 0 radical (unpaired) electrons. The van der Waals surface area contributed by atoms with Gasteiger partial charge in [-0.1, -0.05) is 18.2 Å². The molecule has 0 aliphatic carbocycles. The van der Waals surface area contributed by atoms with Gasteiger partial charge in [0.25, 0.3) is 0 Å². The number of aromatic nitrogens is 4. The van der Waals surface area contributed by atoms with Crippen LogP contribution in [0.2, 0.25) is 0 Å². The van der Waals surface area contributed by atoms with Crippen molar-refractivity contribution in [2.75, 3.05) is 11.9 Å². The molecule has 0 saturated heterocycles. The second-order valence-electron chi connectivity index (χ2n) is 4.28. The number of benzene rings is 1. The Kier molecular flexibility index (Phi) is 3.77. The first kappa shape index (κ1) is 13.1. The maximum absolute atomic E-state index is 5.43. The van der Waals surface area contributed by atoms with Gasteiger partial charge in [-0.15, -0.1) is 5.10 Å². The number of para-hydroxylation sites is 1. The summed E-state index contributed by atoms with van der Waals surface area (Å²) in [5.41, 5.74) is 0.953. The predicted molar refractivity (Wildman–Crippen MR) is 80.0 cm³/mol. The van der Waals surface area contributed by atoms with E-state index in [1.54, 1.807) is 17.2 Å². The molecular weight excluding hydrogens is 266 g/mol. The molecule has 21 heavy (non-hydrogen) atoms. The van der Waals surface area contributed by atoms with Gasteiger partial charge >= 0.3 is 0 Å². The molecule has 0 spiro atoms. The Bertz CT molecular complexity index is 711. The molecule has 1 aromatic carbocycles. The fourth-order valence-corrected chi connectivity index (χ4v) is 1.88. The fourth-order valence-electron chi connectivity index (χ4n) is 1.88. The molecule has 0 amide bonds. The summed E-state index contributed by atoms with van der Waals surface area (Å²) >= 11 is 0. The van der Waals surface area contributed by atoms with Gasteiger partial charge in [0.05, 0.1) is 12.3 Å². The minimum Gasteiger partial charge on any atom is -0.494 e. The smallest absolute Gasteiger partial charge is 0.248 e. The number of nitrogens with zero attached hydrogens (tertiary/aromatic N) is 4. The van der Waals surface area contributed by atoms with Gasteiger partial charge in [-0.05, 0) is 25.1 Å². The van der Waals surface area contributed by atoms with E-state index in [0.717, 1.165) is 11.4 Å². The first-order valence-electron chi connectivity index (χ1n) is 6.68. The quantitative estimate of drug-likeness (QED) is 0.779. The number of pyridine rings is 1. The molecule has 2 aromatic heterocycles. The number of nitrogens with one attached hydrogen (secondary N) is 1. The van der Waals surface area contributed by atoms with Crippen LogP contribution >= 0.6 is 0 Å². The van der Waals surface area contributed by atoms with Gasteiger partial charge in [-0.25, -0.2) is 9.67 Å². The molecule has 2 heterocycles. The highest BCUT2D eigenvalue weighted by atomic mass is 16.5. The van der Waals surface area contributed by atoms with Crippen molar-refractivity contribution in [2.24, 2.45) is 0 Å². The van der Waals surface area contributed by atoms with Crippen molar-refractivity contribution >= 4 is 11.8 Å². The summed E-state index contributed by atoms with van der Waals surface area (Å²) in [5, 5.41) is 7.42. The van der Waals surface area contributed by atoms with Gasteiger partial charge < -0.3 is 10.1 Å². The molecule has 6 nitrogen and oxygen atoms in total. The monoisotopic (exact) mass is 281 g/mol. The molecule has 0 unspecified atom stereocenters. The minimum absolute atomic E-state index is 0.486. The highest BCUT2D eigenvalue weighted by molar-refractivity contribution is 5.50. The predicted octanol–water partition coefficient (Wildman–Crippen LogP) is 2.80. The maximum Gasteiger partial charge on any atom is 0.248 e. The molecule has 0 aliphatic rings. The Morgan fingerprint density at radius 2 is 2.00 bits per heavy atom. The molecule has 0 aliphatic heterocycles. The molecule has 3 aromatic rings. The molecule has 1 N–H and O–H groups in total. The van der Waals surface area contributed by atoms with Crippen LogP contribution in [0.15, 0.2) is 55.0 Å². The van der Waals surface area contributed by atoms with E-state index in [1.807, 2.05) is 49.4 Å². The standard InChI is InChI=1S/C15H15N5O/c1-2-21-13-8-9-16-14(10-13)18-15-17-11-20(19-15)12-6-4-3-5-7-12/h3-11H,2H2,1H3,(H,16,18,19). The van der Waals surface area contributed by atoms with Crippen molar-refractivity contribution in [1.82, 2.24) is 19.7 Å². The first-order valence-corrected chi connectivity index (χ1v) is 6.68. The summed E-state index contributed by atoms with van der Waals surface area (Å²) in [6, 6.07) is 13.4. The van der Waals surface area contributed by atoms with Crippen LogP contribution in [0.25, 0.3) is 5.69 Å². The zero-order valence-electron chi connectivity index (χ0n) is 11.6. The van der Waals surface area contributed by atoms with E-state index < -0.39 is 0 Å². The maximum atomic E-state index is 5.43. The number of rotatable bonds is 5. The van der Waals surface area contributed by atoms with E-state index in [4.69, 9.17) is 4.74 Å². The largest absolute Gasteiger partial charge is 0.494 e. The van der Waals surface area contributed by atoms with Gasteiger partial charge in [0.2, 0.25) is 5.95 Å². The third-order valence-electron chi connectivity index (χ3n) is 2.79. The Hall–Kier alpha value is -2.89. The van der Waals surface area contributed by atoms with Crippen molar-refractivity contribution in [2.45, 2.75) is 6.92 Å². The summed E-state index contributed by atoms with van der Waals surface area (Å²) in [6.07, 6.45) is 3.34. The zero-order valence-corrected chi connectivity index (χ0v) is 11.6. The zero-order chi connectivity index (χ0) is 14.5. The fraction of sp³-hybridized carbons (Fsp3) is 0.133. The lowest BCUT2D eigenvalue weighted by molar-refractivity contribution is 0.340. The Labute approximate surface area is 122 Å². The molecule has 3 rings (SSSR count). The average molecular weight is 281 g/mol. The van der Waals surface area contributed by atoms with Crippen LogP contribution in [0.4, 0.5) is 11.8 Å². The van der Waals surface area contributed by atoms with Crippen molar-refractivity contribution in [3.63, 3.8) is 0 Å². The lowest BCUT2D eigenvalue weighted by Crippen LogP contribution is -1.99. The van der Waals surface area contributed by atoms with E-state index in [9.17, 15) is 0 Å². The van der Waals surface area contributed by atoms with E-state index in [1.165, 1.54) is 0 Å². The lowest BCUT2D eigenvalue weighted by atomic mass is 10.3. The lowest BCUT2D eigenvalue weighted by Gasteiger charge is -2.05. The minimum atomic E-state index is 0.486. The molecule has 6 heteroatoms. The average Bonchev–Trinajstić information content (AvgIpc) is 2.97. The number of hydrogen-bond acceptors (Lipinski definition) is 5. The van der Waals surface area contributed by atoms with Crippen molar-refractivity contribution < 1.29 is 4.74 Å².